The molecule has 0 radical (unpaired) electrons. The second-order valence-corrected chi connectivity index (χ2v) is 6.05. The molecule has 0 bridgehead atoms. The summed E-state index contributed by atoms with van der Waals surface area (Å²) in [6.45, 7) is 0.961. The van der Waals surface area contributed by atoms with Gasteiger partial charge in [-0.25, -0.2) is 9.52 Å². The minimum atomic E-state index is -3.98. The lowest BCUT2D eigenvalue weighted by molar-refractivity contribution is -0.126. The van der Waals surface area contributed by atoms with Crippen LogP contribution < -0.4 is 15.8 Å². The molecule has 1 aliphatic rings. The highest BCUT2D eigenvalue weighted by molar-refractivity contribution is 7.87. The number of amides is 2. The van der Waals surface area contributed by atoms with E-state index in [4.69, 9.17) is 5.73 Å². The van der Waals surface area contributed by atoms with Crippen LogP contribution in [0.3, 0.4) is 0 Å². The first-order chi connectivity index (χ1) is 9.40. The third-order valence-corrected chi connectivity index (χ3v) is 4.37. The van der Waals surface area contributed by atoms with Gasteiger partial charge >= 0.3 is 16.3 Å². The molecule has 0 aliphatic carbocycles. The minimum absolute atomic E-state index is 0.0305. The van der Waals surface area contributed by atoms with E-state index in [2.05, 4.69) is 10.1 Å². The summed E-state index contributed by atoms with van der Waals surface area (Å²) >= 11 is 0. The van der Waals surface area contributed by atoms with Crippen molar-refractivity contribution >= 4 is 22.2 Å². The van der Waals surface area contributed by atoms with E-state index in [0.717, 1.165) is 11.4 Å². The van der Waals surface area contributed by atoms with Crippen LogP contribution >= 0.6 is 0 Å². The van der Waals surface area contributed by atoms with Crippen LogP contribution in [-0.2, 0) is 19.7 Å². The van der Waals surface area contributed by atoms with E-state index >= 15 is 0 Å². The molecule has 0 aromatic heterocycles. The number of methoxy groups -OCH3 is 1. The van der Waals surface area contributed by atoms with Crippen molar-refractivity contribution in [3.8, 4) is 0 Å². The van der Waals surface area contributed by atoms with Gasteiger partial charge in [0.25, 0.3) is 0 Å². The predicted octanol–water partition coefficient (Wildman–Crippen LogP) is -1.63. The number of nitrogens with one attached hydrogen (secondary N) is 2. The lowest BCUT2D eigenvalue weighted by Gasteiger charge is -2.30. The molecule has 1 aliphatic heterocycles. The van der Waals surface area contributed by atoms with Gasteiger partial charge in [0.1, 0.15) is 0 Å². The van der Waals surface area contributed by atoms with Gasteiger partial charge in [0.15, 0.2) is 0 Å². The van der Waals surface area contributed by atoms with Crippen molar-refractivity contribution in [3.05, 3.63) is 0 Å². The molecule has 1 saturated heterocycles. The molecule has 116 valence electrons. The van der Waals surface area contributed by atoms with Crippen molar-refractivity contribution in [3.63, 3.8) is 0 Å². The zero-order valence-corrected chi connectivity index (χ0v) is 12.1. The van der Waals surface area contributed by atoms with Crippen LogP contribution in [0.25, 0.3) is 0 Å². The average Bonchev–Trinajstić information content (AvgIpc) is 2.44. The summed E-state index contributed by atoms with van der Waals surface area (Å²) in [5.74, 6) is -0.669. The Morgan fingerprint density at radius 2 is 2.15 bits per heavy atom. The van der Waals surface area contributed by atoms with Crippen LogP contribution in [-0.4, -0.2) is 58.0 Å². The SMILES string of the molecule is COC(=O)NS(=O)(=O)N1CCCC(C(=O)NCCN)C1. The second kappa shape index (κ2) is 7.41. The number of nitrogens with zero attached hydrogens (tertiary/aromatic N) is 1. The summed E-state index contributed by atoms with van der Waals surface area (Å²) in [6, 6.07) is 0. The second-order valence-electron chi connectivity index (χ2n) is 4.38. The smallest absolute Gasteiger partial charge is 0.421 e. The average molecular weight is 308 g/mol. The fourth-order valence-corrected chi connectivity index (χ4v) is 3.09. The molecule has 10 heteroatoms. The van der Waals surface area contributed by atoms with Gasteiger partial charge in [-0.2, -0.15) is 12.7 Å². The molecule has 1 heterocycles. The molecule has 2 amide bonds. The summed E-state index contributed by atoms with van der Waals surface area (Å²) in [6.07, 6.45) is 0.0865. The van der Waals surface area contributed by atoms with Gasteiger partial charge in [-0.1, -0.05) is 0 Å². The molecular formula is C10H20N4O5S. The highest BCUT2D eigenvalue weighted by atomic mass is 32.2. The van der Waals surface area contributed by atoms with E-state index in [1.165, 1.54) is 0 Å². The van der Waals surface area contributed by atoms with E-state index in [1.807, 2.05) is 0 Å². The maximum atomic E-state index is 11.9. The van der Waals surface area contributed by atoms with Crippen molar-refractivity contribution in [2.45, 2.75) is 12.8 Å². The van der Waals surface area contributed by atoms with Gasteiger partial charge in [-0.3, -0.25) is 4.79 Å². The fraction of sp³-hybridized carbons (Fsp3) is 0.800. The van der Waals surface area contributed by atoms with Crippen LogP contribution in [0.5, 0.6) is 0 Å². The standard InChI is InChI=1S/C10H20N4O5S/c1-19-10(16)13-20(17,18)14-6-2-3-8(7-14)9(15)12-5-4-11/h8H,2-7,11H2,1H3,(H,12,15)(H,13,16). The third kappa shape index (κ3) is 4.62. The van der Waals surface area contributed by atoms with Gasteiger partial charge in [0.05, 0.1) is 13.0 Å². The third-order valence-electron chi connectivity index (χ3n) is 2.94. The summed E-state index contributed by atoms with van der Waals surface area (Å²) in [5, 5.41) is 2.63. The summed E-state index contributed by atoms with van der Waals surface area (Å²) in [5.41, 5.74) is 5.29. The van der Waals surface area contributed by atoms with Crippen molar-refractivity contribution in [2.24, 2.45) is 11.7 Å². The number of carbonyl (C=O) groups is 2. The first kappa shape index (κ1) is 16.7. The number of hydrogen-bond donors (Lipinski definition) is 3. The zero-order valence-electron chi connectivity index (χ0n) is 11.3. The lowest BCUT2D eigenvalue weighted by atomic mass is 9.99. The van der Waals surface area contributed by atoms with Crippen LogP contribution in [0, 0.1) is 5.92 Å². The van der Waals surface area contributed by atoms with Crippen molar-refractivity contribution in [1.82, 2.24) is 14.3 Å². The van der Waals surface area contributed by atoms with Crippen LogP contribution in [0.1, 0.15) is 12.8 Å². The van der Waals surface area contributed by atoms with Gasteiger partial charge in [-0.05, 0) is 12.8 Å². The zero-order chi connectivity index (χ0) is 15.2. The Bertz CT molecular complexity index is 453. The van der Waals surface area contributed by atoms with Crippen LogP contribution in [0.15, 0.2) is 0 Å². The maximum Gasteiger partial charge on any atom is 0.421 e. The van der Waals surface area contributed by atoms with Crippen LogP contribution in [0.2, 0.25) is 0 Å². The topological polar surface area (TPSA) is 131 Å². The first-order valence-electron chi connectivity index (χ1n) is 6.24. The Morgan fingerprint density at radius 1 is 1.45 bits per heavy atom. The summed E-state index contributed by atoms with van der Waals surface area (Å²) < 4.78 is 30.9. The Balaban J connectivity index is 2.64. The Hall–Kier alpha value is -1.39. The molecule has 0 aromatic carbocycles. The number of rotatable bonds is 5. The molecule has 9 nitrogen and oxygen atoms in total. The van der Waals surface area contributed by atoms with Gasteiger partial charge < -0.3 is 15.8 Å². The van der Waals surface area contributed by atoms with E-state index in [0.29, 0.717) is 25.9 Å². The van der Waals surface area contributed by atoms with E-state index in [9.17, 15) is 18.0 Å². The molecule has 1 fully saturated rings. The molecule has 1 atom stereocenters. The molecular weight excluding hydrogens is 288 g/mol. The first-order valence-corrected chi connectivity index (χ1v) is 7.68. The normalized spacial score (nSPS) is 20.2. The largest absolute Gasteiger partial charge is 0.452 e. The van der Waals surface area contributed by atoms with Gasteiger partial charge in [0.2, 0.25) is 5.91 Å². The minimum Gasteiger partial charge on any atom is -0.452 e. The Labute approximate surface area is 118 Å². The predicted molar refractivity (Wildman–Crippen MR) is 70.8 cm³/mol. The van der Waals surface area contributed by atoms with Crippen molar-refractivity contribution in [1.29, 1.82) is 0 Å². The van der Waals surface area contributed by atoms with Gasteiger partial charge in [-0.15, -0.1) is 0 Å². The Kier molecular flexibility index (Phi) is 6.17. The molecule has 4 N–H and O–H groups in total. The maximum absolute atomic E-state index is 11.9. The number of ether oxygens (including phenoxy) is 1. The quantitative estimate of drug-likeness (QED) is 0.559. The fourth-order valence-electron chi connectivity index (χ4n) is 1.93. The molecule has 20 heavy (non-hydrogen) atoms. The highest BCUT2D eigenvalue weighted by Gasteiger charge is 2.33. The summed E-state index contributed by atoms with van der Waals surface area (Å²) in [7, 11) is -2.90. The highest BCUT2D eigenvalue weighted by Crippen LogP contribution is 2.18. The molecule has 1 rings (SSSR count). The summed E-state index contributed by atoms with van der Waals surface area (Å²) in [4.78, 5) is 22.8. The number of nitrogens with two attached hydrogens (primary N) is 1. The molecule has 0 saturated carbocycles. The van der Waals surface area contributed by atoms with Crippen LogP contribution in [0.4, 0.5) is 4.79 Å². The lowest BCUT2D eigenvalue weighted by Crippen LogP contribution is -2.50. The monoisotopic (exact) mass is 308 g/mol. The molecule has 0 spiro atoms. The number of hydrogen-bond acceptors (Lipinski definition) is 6. The molecule has 1 unspecified atom stereocenters. The van der Waals surface area contributed by atoms with E-state index < -0.39 is 22.2 Å². The van der Waals surface area contributed by atoms with E-state index in [-0.39, 0.29) is 19.0 Å². The van der Waals surface area contributed by atoms with E-state index in [1.54, 1.807) is 4.72 Å². The molecule has 0 aromatic rings. The Morgan fingerprint density at radius 3 is 2.75 bits per heavy atom. The van der Waals surface area contributed by atoms with Gasteiger partial charge in [0, 0.05) is 26.2 Å². The number of carbonyl (C=O) groups excluding carboxylic acids is 2. The van der Waals surface area contributed by atoms with Crippen molar-refractivity contribution in [2.75, 3.05) is 33.3 Å². The van der Waals surface area contributed by atoms with Crippen molar-refractivity contribution < 1.29 is 22.7 Å². The number of piperidine rings is 1.